The zero-order chi connectivity index (χ0) is 15.1. The second-order valence-corrected chi connectivity index (χ2v) is 6.87. The molecule has 2 aliphatic rings. The molecule has 0 aliphatic heterocycles. The summed E-state index contributed by atoms with van der Waals surface area (Å²) in [6, 6.07) is 2.24. The first-order valence-electron chi connectivity index (χ1n) is 7.61. The number of anilines is 1. The summed E-state index contributed by atoms with van der Waals surface area (Å²) >= 11 is 1.52. The van der Waals surface area contributed by atoms with E-state index in [2.05, 4.69) is 16.5 Å². The van der Waals surface area contributed by atoms with Crippen molar-refractivity contribution < 1.29 is 9.32 Å². The Morgan fingerprint density at radius 1 is 1.18 bits per heavy atom. The summed E-state index contributed by atoms with van der Waals surface area (Å²) in [4.78, 5) is 13.7. The number of rotatable bonds is 2. The number of nitrogens with zero attached hydrogens (tertiary/aromatic N) is 2. The van der Waals surface area contributed by atoms with Crippen LogP contribution in [0.2, 0.25) is 0 Å². The molecule has 2 heterocycles. The Morgan fingerprint density at radius 3 is 2.86 bits per heavy atom. The third-order valence-corrected chi connectivity index (χ3v) is 5.63. The largest absolute Gasteiger partial charge is 0.360 e. The van der Waals surface area contributed by atoms with Crippen LogP contribution in [0.1, 0.15) is 57.1 Å². The Bertz CT molecular complexity index is 797. The monoisotopic (exact) mass is 313 g/mol. The first-order chi connectivity index (χ1) is 10.8. The summed E-state index contributed by atoms with van der Waals surface area (Å²) in [7, 11) is 0. The lowest BCUT2D eigenvalue weighted by Gasteiger charge is -2.09. The number of hydrogen-bond acceptors (Lipinski definition) is 5. The van der Waals surface area contributed by atoms with Crippen LogP contribution in [-0.4, -0.2) is 11.1 Å². The minimum atomic E-state index is -0.261. The molecule has 112 valence electrons. The molecule has 22 heavy (non-hydrogen) atoms. The molecule has 0 saturated heterocycles. The fourth-order valence-electron chi connectivity index (χ4n) is 3.34. The molecule has 0 spiro atoms. The molecule has 0 fully saturated rings. The molecular formula is C16H15N3O2S. The average Bonchev–Trinajstić information content (AvgIpc) is 3.20. The number of hydrogen-bond donors (Lipinski definition) is 1. The van der Waals surface area contributed by atoms with Crippen LogP contribution in [0, 0.1) is 11.3 Å². The van der Waals surface area contributed by atoms with Crippen LogP contribution < -0.4 is 5.32 Å². The van der Waals surface area contributed by atoms with Crippen molar-refractivity contribution in [1.29, 1.82) is 5.26 Å². The Hall–Kier alpha value is -2.13. The van der Waals surface area contributed by atoms with E-state index in [4.69, 9.17) is 4.52 Å². The maximum atomic E-state index is 12.5. The van der Waals surface area contributed by atoms with Gasteiger partial charge in [0.2, 0.25) is 0 Å². The number of thiophene rings is 1. The maximum Gasteiger partial charge on any atom is 0.278 e. The SMILES string of the molecule is N#Cc1c(NC(=O)c2noc3c2CCCC3)sc2c1CCC2. The van der Waals surface area contributed by atoms with Gasteiger partial charge in [0, 0.05) is 16.9 Å². The third kappa shape index (κ3) is 2.04. The second kappa shape index (κ2) is 5.25. The molecule has 6 heteroatoms. The molecular weight excluding hydrogens is 298 g/mol. The van der Waals surface area contributed by atoms with E-state index in [1.807, 2.05) is 0 Å². The molecule has 2 aromatic rings. The first-order valence-corrected chi connectivity index (χ1v) is 8.43. The third-order valence-electron chi connectivity index (χ3n) is 4.43. The van der Waals surface area contributed by atoms with E-state index < -0.39 is 0 Å². The van der Waals surface area contributed by atoms with Gasteiger partial charge in [-0.2, -0.15) is 5.26 Å². The van der Waals surface area contributed by atoms with Crippen molar-refractivity contribution in [2.45, 2.75) is 44.9 Å². The molecule has 1 amide bonds. The Balaban J connectivity index is 1.63. The van der Waals surface area contributed by atoms with Gasteiger partial charge in [-0.3, -0.25) is 4.79 Å². The number of amides is 1. The summed E-state index contributed by atoms with van der Waals surface area (Å²) in [5, 5.41) is 16.9. The molecule has 2 aromatic heterocycles. The van der Waals surface area contributed by atoms with Crippen LogP contribution in [-0.2, 0) is 25.7 Å². The van der Waals surface area contributed by atoms with Gasteiger partial charge in [0.15, 0.2) is 5.69 Å². The predicted octanol–water partition coefficient (Wildman–Crippen LogP) is 3.23. The summed E-state index contributed by atoms with van der Waals surface area (Å²) in [6.07, 6.45) is 6.87. The predicted molar refractivity (Wildman–Crippen MR) is 82.2 cm³/mol. The van der Waals surface area contributed by atoms with Gasteiger partial charge in [-0.25, -0.2) is 0 Å². The van der Waals surface area contributed by atoms with Gasteiger partial charge in [0.25, 0.3) is 5.91 Å². The maximum absolute atomic E-state index is 12.5. The van der Waals surface area contributed by atoms with Crippen molar-refractivity contribution >= 4 is 22.2 Å². The van der Waals surface area contributed by atoms with Crippen molar-refractivity contribution in [2.75, 3.05) is 5.32 Å². The van der Waals surface area contributed by atoms with Crippen LogP contribution in [0.3, 0.4) is 0 Å². The molecule has 0 saturated carbocycles. The molecule has 4 rings (SSSR count). The van der Waals surface area contributed by atoms with E-state index >= 15 is 0 Å². The molecule has 5 nitrogen and oxygen atoms in total. The number of aromatic nitrogens is 1. The molecule has 1 N–H and O–H groups in total. The number of carbonyl (C=O) groups excluding carboxylic acids is 1. The summed E-state index contributed by atoms with van der Waals surface area (Å²) in [5.41, 5.74) is 3.06. The van der Waals surface area contributed by atoms with Gasteiger partial charge < -0.3 is 9.84 Å². The lowest BCUT2D eigenvalue weighted by Crippen LogP contribution is -2.15. The highest BCUT2D eigenvalue weighted by Crippen LogP contribution is 2.38. The highest BCUT2D eigenvalue weighted by Gasteiger charge is 2.27. The van der Waals surface area contributed by atoms with Gasteiger partial charge >= 0.3 is 0 Å². The number of aryl methyl sites for hydroxylation is 2. The lowest BCUT2D eigenvalue weighted by molar-refractivity contribution is 0.101. The van der Waals surface area contributed by atoms with Crippen molar-refractivity contribution in [3.63, 3.8) is 0 Å². The van der Waals surface area contributed by atoms with E-state index in [1.165, 1.54) is 16.2 Å². The quantitative estimate of drug-likeness (QED) is 0.923. The van der Waals surface area contributed by atoms with Gasteiger partial charge in [-0.1, -0.05) is 5.16 Å². The van der Waals surface area contributed by atoms with E-state index in [0.29, 0.717) is 16.3 Å². The van der Waals surface area contributed by atoms with Crippen molar-refractivity contribution in [1.82, 2.24) is 5.16 Å². The van der Waals surface area contributed by atoms with Crippen molar-refractivity contribution in [3.05, 3.63) is 33.0 Å². The Kier molecular flexibility index (Phi) is 3.23. The second-order valence-electron chi connectivity index (χ2n) is 5.77. The summed E-state index contributed by atoms with van der Waals surface area (Å²) < 4.78 is 5.29. The van der Waals surface area contributed by atoms with Crippen molar-refractivity contribution in [3.8, 4) is 6.07 Å². The van der Waals surface area contributed by atoms with Gasteiger partial charge in [0.05, 0.1) is 5.56 Å². The summed E-state index contributed by atoms with van der Waals surface area (Å²) in [5.74, 6) is 0.578. The van der Waals surface area contributed by atoms with E-state index in [0.717, 1.165) is 61.8 Å². The van der Waals surface area contributed by atoms with Crippen LogP contribution in [0.4, 0.5) is 5.00 Å². The number of fused-ring (bicyclic) bond motifs is 2. The van der Waals surface area contributed by atoms with Crippen LogP contribution in [0.5, 0.6) is 0 Å². The van der Waals surface area contributed by atoms with Crippen LogP contribution in [0.15, 0.2) is 4.52 Å². The molecule has 0 bridgehead atoms. The standard InChI is InChI=1S/C16H15N3O2S/c17-8-11-9-5-3-7-13(9)22-16(11)18-15(20)14-10-4-1-2-6-12(10)21-19-14/h1-7H2,(H,18,20). The lowest BCUT2D eigenvalue weighted by atomic mass is 9.96. The topological polar surface area (TPSA) is 78.9 Å². The Labute approximate surface area is 131 Å². The molecule has 0 aromatic carbocycles. The van der Waals surface area contributed by atoms with E-state index in [9.17, 15) is 10.1 Å². The minimum Gasteiger partial charge on any atom is -0.360 e. The van der Waals surface area contributed by atoms with E-state index in [1.54, 1.807) is 0 Å². The van der Waals surface area contributed by atoms with Gasteiger partial charge in [-0.15, -0.1) is 11.3 Å². The smallest absolute Gasteiger partial charge is 0.278 e. The Morgan fingerprint density at radius 2 is 2.00 bits per heavy atom. The number of nitriles is 1. The van der Waals surface area contributed by atoms with E-state index in [-0.39, 0.29) is 5.91 Å². The van der Waals surface area contributed by atoms with Crippen LogP contribution >= 0.6 is 11.3 Å². The molecule has 0 radical (unpaired) electrons. The number of carbonyl (C=O) groups is 1. The fourth-order valence-corrected chi connectivity index (χ4v) is 4.57. The van der Waals surface area contributed by atoms with Gasteiger partial charge in [-0.05, 0) is 44.1 Å². The van der Waals surface area contributed by atoms with Crippen LogP contribution in [0.25, 0.3) is 0 Å². The zero-order valence-electron chi connectivity index (χ0n) is 12.1. The highest BCUT2D eigenvalue weighted by atomic mass is 32.1. The average molecular weight is 313 g/mol. The highest BCUT2D eigenvalue weighted by molar-refractivity contribution is 7.16. The zero-order valence-corrected chi connectivity index (χ0v) is 12.9. The minimum absolute atomic E-state index is 0.261. The normalized spacial score (nSPS) is 16.0. The fraction of sp³-hybridized carbons (Fsp3) is 0.438. The number of nitrogens with one attached hydrogen (secondary N) is 1. The molecule has 0 unspecified atom stereocenters. The summed E-state index contributed by atoms with van der Waals surface area (Å²) in [6.45, 7) is 0. The molecule has 2 aliphatic carbocycles. The van der Waals surface area contributed by atoms with Gasteiger partial charge in [0.1, 0.15) is 16.8 Å². The van der Waals surface area contributed by atoms with Crippen molar-refractivity contribution in [2.24, 2.45) is 0 Å². The molecule has 0 atom stereocenters. The first kappa shape index (κ1) is 13.5.